The fourth-order valence-electron chi connectivity index (χ4n) is 7.94. The first-order valence-electron chi connectivity index (χ1n) is 15.7. The molecule has 0 amide bonds. The van der Waals surface area contributed by atoms with Crippen molar-refractivity contribution in [3.8, 4) is 17.2 Å². The Kier molecular flexibility index (Phi) is 4.55. The highest BCUT2D eigenvalue weighted by Gasteiger charge is 2.26. The molecule has 0 unspecified atom stereocenters. The molecular weight excluding hydrogens is 560 g/mol. The molecule has 7 aromatic carbocycles. The predicted molar refractivity (Wildman–Crippen MR) is 191 cm³/mol. The number of hydrogen-bond acceptors (Lipinski definition) is 2. The minimum absolute atomic E-state index is 0.720. The zero-order valence-electron chi connectivity index (χ0n) is 24.6. The van der Waals surface area contributed by atoms with Crippen LogP contribution in [-0.4, -0.2) is 18.9 Å². The van der Waals surface area contributed by atoms with Crippen molar-refractivity contribution < 1.29 is 0 Å². The summed E-state index contributed by atoms with van der Waals surface area (Å²) in [5.41, 5.74) is 7.94. The topological polar surface area (TPSA) is 35.1 Å². The van der Waals surface area contributed by atoms with E-state index in [-0.39, 0.29) is 0 Å². The Morgan fingerprint density at radius 3 is 1.93 bits per heavy atom. The monoisotopic (exact) mass is 584 g/mol. The Balaban J connectivity index is 1.46. The van der Waals surface area contributed by atoms with Gasteiger partial charge in [0.2, 0.25) is 0 Å². The molecule has 11 rings (SSSR count). The van der Waals surface area contributed by atoms with Gasteiger partial charge in [0.1, 0.15) is 5.82 Å². The van der Waals surface area contributed by atoms with Crippen LogP contribution in [0.1, 0.15) is 0 Å². The molecule has 0 spiro atoms. The average molecular weight is 585 g/mol. The van der Waals surface area contributed by atoms with E-state index in [1.54, 1.807) is 0 Å². The molecule has 212 valence electrons. The van der Waals surface area contributed by atoms with Crippen LogP contribution in [0.25, 0.3) is 98.8 Å². The quantitative estimate of drug-likeness (QED) is 0.203. The van der Waals surface area contributed by atoms with Crippen LogP contribution in [0.2, 0.25) is 0 Å². The number of hydrogen-bond donors (Lipinski definition) is 0. The summed E-state index contributed by atoms with van der Waals surface area (Å²) in [6.07, 6.45) is 0. The van der Waals surface area contributed by atoms with Gasteiger partial charge in [-0.05, 0) is 47.2 Å². The van der Waals surface area contributed by atoms with Gasteiger partial charge in [-0.2, -0.15) is 0 Å². The molecule has 0 aliphatic carbocycles. The van der Waals surface area contributed by atoms with Gasteiger partial charge in [0.05, 0.1) is 33.1 Å². The van der Waals surface area contributed by atoms with E-state index in [0.29, 0.717) is 0 Å². The Morgan fingerprint density at radius 2 is 1.09 bits per heavy atom. The van der Waals surface area contributed by atoms with Crippen molar-refractivity contribution in [2.24, 2.45) is 0 Å². The van der Waals surface area contributed by atoms with E-state index in [1.807, 2.05) is 18.2 Å². The second-order valence-electron chi connectivity index (χ2n) is 12.2. The number of para-hydroxylation sites is 3. The van der Waals surface area contributed by atoms with Crippen LogP contribution >= 0.6 is 0 Å². The van der Waals surface area contributed by atoms with Crippen molar-refractivity contribution in [1.29, 1.82) is 0 Å². The lowest BCUT2D eigenvalue weighted by molar-refractivity contribution is 1.08. The third-order valence-electron chi connectivity index (χ3n) is 9.81. The molecule has 4 nitrogen and oxygen atoms in total. The lowest BCUT2D eigenvalue weighted by Crippen LogP contribution is -2.03. The normalized spacial score (nSPS) is 12.3. The Hall–Kier alpha value is -6.26. The maximum absolute atomic E-state index is 5.41. The summed E-state index contributed by atoms with van der Waals surface area (Å²) in [5.74, 6) is 1.61. The van der Waals surface area contributed by atoms with E-state index >= 15 is 0 Å². The molecule has 4 heteroatoms. The summed E-state index contributed by atoms with van der Waals surface area (Å²) in [4.78, 5) is 10.5. The summed E-state index contributed by atoms with van der Waals surface area (Å²) < 4.78 is 4.88. The maximum atomic E-state index is 5.41. The van der Waals surface area contributed by atoms with Gasteiger partial charge in [-0.3, -0.25) is 4.57 Å². The van der Waals surface area contributed by atoms with Crippen molar-refractivity contribution in [2.75, 3.05) is 0 Å². The second kappa shape index (κ2) is 8.68. The molecule has 46 heavy (non-hydrogen) atoms. The first kappa shape index (κ1) is 24.1. The van der Waals surface area contributed by atoms with Crippen molar-refractivity contribution in [1.82, 2.24) is 18.9 Å². The van der Waals surface area contributed by atoms with Gasteiger partial charge in [-0.15, -0.1) is 0 Å². The third kappa shape index (κ3) is 2.98. The minimum atomic E-state index is 0.720. The molecule has 11 aromatic rings. The molecule has 0 saturated carbocycles. The SMILES string of the molecule is c1ccc(-c2nc(-n3c4ccc5ccccc5c4c4cc5c6ccccc6n6c7ccccc7c(c43)c56)c3ccccc3n2)cc1. The fourth-order valence-corrected chi connectivity index (χ4v) is 7.94. The Morgan fingerprint density at radius 1 is 0.413 bits per heavy atom. The third-order valence-corrected chi connectivity index (χ3v) is 9.81. The van der Waals surface area contributed by atoms with Crippen LogP contribution in [-0.2, 0) is 0 Å². The largest absolute Gasteiger partial charge is 0.308 e. The number of nitrogens with zero attached hydrogens (tertiary/aromatic N) is 4. The maximum Gasteiger partial charge on any atom is 0.162 e. The van der Waals surface area contributed by atoms with E-state index in [2.05, 4.69) is 136 Å². The number of benzene rings is 7. The van der Waals surface area contributed by atoms with E-state index in [0.717, 1.165) is 33.6 Å². The Bertz CT molecular complexity index is 3020. The van der Waals surface area contributed by atoms with Crippen LogP contribution in [0.5, 0.6) is 0 Å². The molecule has 0 bridgehead atoms. The molecule has 0 aliphatic heterocycles. The van der Waals surface area contributed by atoms with Gasteiger partial charge in [-0.1, -0.05) is 109 Å². The molecule has 4 aromatic heterocycles. The highest BCUT2D eigenvalue weighted by atomic mass is 15.1. The van der Waals surface area contributed by atoms with Crippen LogP contribution in [0.15, 0.2) is 146 Å². The lowest BCUT2D eigenvalue weighted by Gasteiger charge is -2.13. The molecule has 0 fully saturated rings. The van der Waals surface area contributed by atoms with Gasteiger partial charge in [0.15, 0.2) is 5.82 Å². The van der Waals surface area contributed by atoms with Crippen molar-refractivity contribution in [3.63, 3.8) is 0 Å². The minimum Gasteiger partial charge on any atom is -0.308 e. The Labute approximate surface area is 262 Å². The van der Waals surface area contributed by atoms with Crippen LogP contribution < -0.4 is 0 Å². The highest BCUT2D eigenvalue weighted by Crippen LogP contribution is 2.48. The zero-order chi connectivity index (χ0) is 29.9. The van der Waals surface area contributed by atoms with E-state index in [9.17, 15) is 0 Å². The number of aromatic nitrogens is 4. The molecule has 0 atom stereocenters. The van der Waals surface area contributed by atoms with Gasteiger partial charge in [-0.25, -0.2) is 9.97 Å². The molecule has 0 saturated heterocycles. The number of rotatable bonds is 2. The van der Waals surface area contributed by atoms with Crippen molar-refractivity contribution in [2.45, 2.75) is 0 Å². The average Bonchev–Trinajstić information content (AvgIpc) is 3.76. The van der Waals surface area contributed by atoms with E-state index < -0.39 is 0 Å². The molecule has 0 aliphatic rings. The van der Waals surface area contributed by atoms with Crippen LogP contribution in [0.3, 0.4) is 0 Å². The van der Waals surface area contributed by atoms with E-state index in [1.165, 1.54) is 65.2 Å². The smallest absolute Gasteiger partial charge is 0.162 e. The zero-order valence-corrected chi connectivity index (χ0v) is 24.6. The van der Waals surface area contributed by atoms with Gasteiger partial charge >= 0.3 is 0 Å². The van der Waals surface area contributed by atoms with Crippen LogP contribution in [0, 0.1) is 0 Å². The molecule has 0 radical (unpaired) electrons. The van der Waals surface area contributed by atoms with Crippen LogP contribution in [0.4, 0.5) is 0 Å². The molecular formula is C42H24N4. The fraction of sp³-hybridized carbons (Fsp3) is 0. The standard InChI is InChI=1S/C42H24N4/c1-2-13-26(14-3-1)41-43-33-19-9-6-17-29(33)42(44-41)46-36-23-22-25-12-4-5-15-27(25)37(36)32-24-31-28-16-7-10-20-34(28)45-35-21-11-8-18-30(35)38(39(31)45)40(32)46/h1-24H. The van der Waals surface area contributed by atoms with Crippen molar-refractivity contribution in [3.05, 3.63) is 146 Å². The second-order valence-corrected chi connectivity index (χ2v) is 12.2. The van der Waals surface area contributed by atoms with Crippen molar-refractivity contribution >= 4 is 81.6 Å². The molecule has 0 N–H and O–H groups in total. The summed E-state index contributed by atoms with van der Waals surface area (Å²) in [6, 6.07) is 52.1. The summed E-state index contributed by atoms with van der Waals surface area (Å²) in [6.45, 7) is 0. The summed E-state index contributed by atoms with van der Waals surface area (Å²) in [7, 11) is 0. The first-order valence-corrected chi connectivity index (χ1v) is 15.7. The number of fused-ring (bicyclic) bond motifs is 13. The summed E-state index contributed by atoms with van der Waals surface area (Å²) in [5, 5.41) is 11.0. The first-order chi connectivity index (χ1) is 22.8. The molecule has 4 heterocycles. The highest BCUT2D eigenvalue weighted by molar-refractivity contribution is 6.36. The van der Waals surface area contributed by atoms with Gasteiger partial charge in [0.25, 0.3) is 0 Å². The predicted octanol–water partition coefficient (Wildman–Crippen LogP) is 10.7. The summed E-state index contributed by atoms with van der Waals surface area (Å²) >= 11 is 0. The van der Waals surface area contributed by atoms with E-state index in [4.69, 9.17) is 9.97 Å². The van der Waals surface area contributed by atoms with Gasteiger partial charge < -0.3 is 4.40 Å². The van der Waals surface area contributed by atoms with Gasteiger partial charge in [0, 0.05) is 43.3 Å². The lowest BCUT2D eigenvalue weighted by atomic mass is 10.0.